The maximum Gasteiger partial charge on any atom is 0.305 e. The number of nitrogens with zero attached hydrogens (tertiary/aromatic N) is 3. The van der Waals surface area contributed by atoms with Gasteiger partial charge in [-0.2, -0.15) is 0 Å². The van der Waals surface area contributed by atoms with Crippen molar-refractivity contribution in [1.82, 2.24) is 14.3 Å². The number of imidazole rings is 1. The van der Waals surface area contributed by atoms with Crippen LogP contribution in [0, 0.1) is 0 Å². The highest BCUT2D eigenvalue weighted by Crippen LogP contribution is 2.19. The van der Waals surface area contributed by atoms with E-state index in [0.29, 0.717) is 17.8 Å². The van der Waals surface area contributed by atoms with Crippen LogP contribution < -0.4 is 0 Å². The van der Waals surface area contributed by atoms with Gasteiger partial charge in [0, 0.05) is 24.3 Å². The van der Waals surface area contributed by atoms with Gasteiger partial charge in [-0.15, -0.1) is 0 Å². The molecule has 0 saturated heterocycles. The Hall–Kier alpha value is -1.89. The van der Waals surface area contributed by atoms with Crippen molar-refractivity contribution in [2.75, 3.05) is 13.6 Å². The van der Waals surface area contributed by atoms with Crippen LogP contribution in [-0.4, -0.2) is 44.9 Å². The monoisotopic (exact) mass is 367 g/mol. The van der Waals surface area contributed by atoms with E-state index in [1.807, 2.05) is 19.1 Å². The number of aliphatic carboxylic acids is 1. The van der Waals surface area contributed by atoms with Crippen LogP contribution in [0.4, 0.5) is 0 Å². The lowest BCUT2D eigenvalue weighted by molar-refractivity contribution is -0.137. The quantitative estimate of drug-likeness (QED) is 0.851. The number of rotatable bonds is 6. The summed E-state index contributed by atoms with van der Waals surface area (Å²) >= 11 is 3.40. The van der Waals surface area contributed by atoms with E-state index in [0.717, 1.165) is 16.6 Å². The summed E-state index contributed by atoms with van der Waals surface area (Å²) in [7, 11) is 1.61. The molecular formula is C15H18BrN3O3. The number of pyridine rings is 1. The fourth-order valence-electron chi connectivity index (χ4n) is 2.25. The van der Waals surface area contributed by atoms with Gasteiger partial charge in [-0.05, 0) is 34.5 Å². The molecule has 6 nitrogen and oxygen atoms in total. The molecule has 0 bridgehead atoms. The summed E-state index contributed by atoms with van der Waals surface area (Å²) in [6.07, 6.45) is 3.31. The normalized spacial score (nSPS) is 10.9. The molecule has 0 unspecified atom stereocenters. The summed E-state index contributed by atoms with van der Waals surface area (Å²) in [5, 5.41) is 8.76. The van der Waals surface area contributed by atoms with E-state index in [-0.39, 0.29) is 18.9 Å². The Morgan fingerprint density at radius 2 is 2.14 bits per heavy atom. The molecule has 2 aromatic rings. The lowest BCUT2D eigenvalue weighted by atomic mass is 10.2. The van der Waals surface area contributed by atoms with Gasteiger partial charge in [-0.1, -0.05) is 13.3 Å². The molecular weight excluding hydrogens is 350 g/mol. The van der Waals surface area contributed by atoms with E-state index in [4.69, 9.17) is 5.11 Å². The van der Waals surface area contributed by atoms with E-state index in [9.17, 15) is 9.59 Å². The number of carboxylic acid groups (broad SMARTS) is 1. The van der Waals surface area contributed by atoms with Crippen LogP contribution >= 0.6 is 15.9 Å². The molecule has 7 heteroatoms. The number of carbonyl (C=O) groups is 2. The lowest BCUT2D eigenvalue weighted by Gasteiger charge is -2.16. The van der Waals surface area contributed by atoms with Crippen LogP contribution in [0.3, 0.4) is 0 Å². The summed E-state index contributed by atoms with van der Waals surface area (Å²) in [5.74, 6) is -1.13. The number of amides is 1. The molecule has 0 aromatic carbocycles. The Bertz CT molecular complexity index is 711. The van der Waals surface area contributed by atoms with Gasteiger partial charge < -0.3 is 10.0 Å². The number of aryl methyl sites for hydroxylation is 1. The predicted molar refractivity (Wildman–Crippen MR) is 86.1 cm³/mol. The van der Waals surface area contributed by atoms with Crippen LogP contribution in [-0.2, 0) is 11.2 Å². The number of aromatic nitrogens is 2. The second-order valence-electron chi connectivity index (χ2n) is 5.10. The second-order valence-corrected chi connectivity index (χ2v) is 6.02. The largest absolute Gasteiger partial charge is 0.481 e. The van der Waals surface area contributed by atoms with Gasteiger partial charge in [0.2, 0.25) is 0 Å². The predicted octanol–water partition coefficient (Wildman–Crippen LogP) is 2.60. The average molecular weight is 368 g/mol. The SMILES string of the molecule is CCCc1nc2ccc(Br)cn2c1C(=O)N(C)CCC(=O)O. The van der Waals surface area contributed by atoms with E-state index >= 15 is 0 Å². The van der Waals surface area contributed by atoms with Gasteiger partial charge in [0.25, 0.3) is 5.91 Å². The van der Waals surface area contributed by atoms with Crippen molar-refractivity contribution in [3.05, 3.63) is 34.2 Å². The zero-order valence-electron chi connectivity index (χ0n) is 12.5. The van der Waals surface area contributed by atoms with Gasteiger partial charge in [0.1, 0.15) is 11.3 Å². The maximum atomic E-state index is 12.7. The fourth-order valence-corrected chi connectivity index (χ4v) is 2.59. The van der Waals surface area contributed by atoms with Gasteiger partial charge in [0.05, 0.1) is 12.1 Å². The number of hydrogen-bond donors (Lipinski definition) is 1. The van der Waals surface area contributed by atoms with Gasteiger partial charge in [0.15, 0.2) is 0 Å². The van der Waals surface area contributed by atoms with Crippen LogP contribution in [0.1, 0.15) is 35.9 Å². The molecule has 0 aliphatic carbocycles. The molecule has 0 saturated carbocycles. The maximum absolute atomic E-state index is 12.7. The molecule has 118 valence electrons. The third-order valence-electron chi connectivity index (χ3n) is 3.35. The third-order valence-corrected chi connectivity index (χ3v) is 3.82. The van der Waals surface area contributed by atoms with Crippen LogP contribution in [0.25, 0.3) is 5.65 Å². The molecule has 2 aromatic heterocycles. The van der Waals surface area contributed by atoms with Gasteiger partial charge in [-0.3, -0.25) is 14.0 Å². The fraction of sp³-hybridized carbons (Fsp3) is 0.400. The van der Waals surface area contributed by atoms with Crippen LogP contribution in [0.2, 0.25) is 0 Å². The number of carbonyl (C=O) groups excluding carboxylic acids is 1. The molecule has 2 heterocycles. The van der Waals surface area contributed by atoms with E-state index < -0.39 is 5.97 Å². The van der Waals surface area contributed by atoms with Crippen molar-refractivity contribution >= 4 is 33.5 Å². The standard InChI is InChI=1S/C15H18BrN3O3/c1-3-4-11-14(15(22)18(2)8-7-13(20)21)19-9-10(16)5-6-12(19)17-11/h5-6,9H,3-4,7-8H2,1-2H3,(H,20,21). The Kier molecular flexibility index (Phi) is 5.18. The van der Waals surface area contributed by atoms with Crippen molar-refractivity contribution in [1.29, 1.82) is 0 Å². The third kappa shape index (κ3) is 3.47. The molecule has 0 atom stereocenters. The minimum absolute atomic E-state index is 0.0776. The molecule has 2 rings (SSSR count). The minimum Gasteiger partial charge on any atom is -0.481 e. The Morgan fingerprint density at radius 3 is 2.77 bits per heavy atom. The number of carboxylic acids is 1. The molecule has 0 aliphatic rings. The van der Waals surface area contributed by atoms with Crippen LogP contribution in [0.5, 0.6) is 0 Å². The first-order chi connectivity index (χ1) is 10.4. The summed E-state index contributed by atoms with van der Waals surface area (Å²) in [6, 6.07) is 3.72. The zero-order chi connectivity index (χ0) is 16.3. The number of halogens is 1. The Labute approximate surface area is 136 Å². The molecule has 22 heavy (non-hydrogen) atoms. The topological polar surface area (TPSA) is 74.9 Å². The Balaban J connectivity index is 2.42. The first-order valence-electron chi connectivity index (χ1n) is 7.07. The number of fused-ring (bicyclic) bond motifs is 1. The first kappa shape index (κ1) is 16.5. The molecule has 0 spiro atoms. The molecule has 0 aliphatic heterocycles. The highest BCUT2D eigenvalue weighted by molar-refractivity contribution is 9.10. The van der Waals surface area contributed by atoms with E-state index in [1.54, 1.807) is 17.6 Å². The summed E-state index contributed by atoms with van der Waals surface area (Å²) in [6.45, 7) is 2.20. The summed E-state index contributed by atoms with van der Waals surface area (Å²) in [4.78, 5) is 29.3. The van der Waals surface area contributed by atoms with Crippen LogP contribution in [0.15, 0.2) is 22.8 Å². The minimum atomic E-state index is -0.922. The molecule has 0 fully saturated rings. The lowest BCUT2D eigenvalue weighted by Crippen LogP contribution is -2.30. The van der Waals surface area contributed by atoms with E-state index in [2.05, 4.69) is 20.9 Å². The zero-order valence-corrected chi connectivity index (χ0v) is 14.1. The second kappa shape index (κ2) is 6.91. The van der Waals surface area contributed by atoms with Crippen molar-refractivity contribution in [2.45, 2.75) is 26.2 Å². The highest BCUT2D eigenvalue weighted by atomic mass is 79.9. The van der Waals surface area contributed by atoms with Gasteiger partial charge in [-0.25, -0.2) is 4.98 Å². The highest BCUT2D eigenvalue weighted by Gasteiger charge is 2.22. The Morgan fingerprint density at radius 1 is 1.41 bits per heavy atom. The molecule has 1 amide bonds. The molecule has 0 radical (unpaired) electrons. The van der Waals surface area contributed by atoms with Crippen molar-refractivity contribution in [3.63, 3.8) is 0 Å². The van der Waals surface area contributed by atoms with Gasteiger partial charge >= 0.3 is 5.97 Å². The average Bonchev–Trinajstić information content (AvgIpc) is 2.81. The summed E-state index contributed by atoms with van der Waals surface area (Å²) < 4.78 is 2.61. The van der Waals surface area contributed by atoms with Crippen molar-refractivity contribution < 1.29 is 14.7 Å². The van der Waals surface area contributed by atoms with Crippen molar-refractivity contribution in [2.24, 2.45) is 0 Å². The van der Waals surface area contributed by atoms with E-state index in [1.165, 1.54) is 4.90 Å². The summed E-state index contributed by atoms with van der Waals surface area (Å²) in [5.41, 5.74) is 1.96. The molecule has 1 N–H and O–H groups in total. The number of hydrogen-bond acceptors (Lipinski definition) is 3. The smallest absolute Gasteiger partial charge is 0.305 e. The first-order valence-corrected chi connectivity index (χ1v) is 7.87. The van der Waals surface area contributed by atoms with Crippen molar-refractivity contribution in [3.8, 4) is 0 Å².